The smallest absolute Gasteiger partial charge is 0.242 e. The topological polar surface area (TPSA) is 72.2 Å². The lowest BCUT2D eigenvalue weighted by molar-refractivity contribution is 0.374. The molecule has 3 N–H and O–H groups in total. The van der Waals surface area contributed by atoms with Gasteiger partial charge in [0.15, 0.2) is 0 Å². The second-order valence-electron chi connectivity index (χ2n) is 4.93. The zero-order valence-electron chi connectivity index (χ0n) is 10.2. The number of rotatable bonds is 5. The van der Waals surface area contributed by atoms with Gasteiger partial charge in [0, 0.05) is 16.6 Å². The van der Waals surface area contributed by atoms with E-state index in [9.17, 15) is 8.42 Å². The highest BCUT2D eigenvalue weighted by Gasteiger charge is 2.43. The fraction of sp³-hybridized carbons (Fsp3) is 0.500. The van der Waals surface area contributed by atoms with Gasteiger partial charge in [-0.2, -0.15) is 0 Å². The number of benzene rings is 1. The lowest BCUT2D eigenvalue weighted by atomic mass is 9.98. The maximum atomic E-state index is 12.4. The lowest BCUT2D eigenvalue weighted by Gasteiger charge is -2.29. The van der Waals surface area contributed by atoms with E-state index in [1.807, 2.05) is 6.92 Å². The van der Waals surface area contributed by atoms with Crippen LogP contribution in [0.5, 0.6) is 0 Å². The minimum absolute atomic E-state index is 0.255. The van der Waals surface area contributed by atoms with Crippen LogP contribution in [0.4, 0.5) is 0 Å². The van der Waals surface area contributed by atoms with Gasteiger partial charge in [-0.1, -0.05) is 12.1 Å². The van der Waals surface area contributed by atoms with Gasteiger partial charge < -0.3 is 5.73 Å². The van der Waals surface area contributed by atoms with Crippen LogP contribution in [-0.4, -0.2) is 20.5 Å². The molecule has 0 bridgehead atoms. The van der Waals surface area contributed by atoms with E-state index in [1.54, 1.807) is 24.3 Å². The van der Waals surface area contributed by atoms with Crippen molar-refractivity contribution in [3.05, 3.63) is 28.7 Å². The number of hydrogen-bond acceptors (Lipinski definition) is 3. The van der Waals surface area contributed by atoms with Gasteiger partial charge in [-0.3, -0.25) is 0 Å². The zero-order valence-corrected chi connectivity index (χ0v) is 12.6. The highest BCUT2D eigenvalue weighted by Crippen LogP contribution is 2.40. The number of sulfonamides is 1. The molecule has 0 saturated heterocycles. The van der Waals surface area contributed by atoms with Gasteiger partial charge in [0.1, 0.15) is 0 Å². The molecule has 1 fully saturated rings. The number of hydrogen-bond donors (Lipinski definition) is 2. The summed E-state index contributed by atoms with van der Waals surface area (Å²) < 4.78 is 28.0. The zero-order chi connectivity index (χ0) is 13.4. The van der Waals surface area contributed by atoms with Crippen LogP contribution in [0.2, 0.25) is 0 Å². The van der Waals surface area contributed by atoms with E-state index < -0.39 is 15.6 Å². The normalized spacial score (nSPS) is 19.5. The van der Waals surface area contributed by atoms with Gasteiger partial charge in [0.2, 0.25) is 10.0 Å². The molecule has 0 aromatic heterocycles. The quantitative estimate of drug-likeness (QED) is 0.864. The highest BCUT2D eigenvalue weighted by molar-refractivity contribution is 9.10. The Hall–Kier alpha value is -0.430. The molecule has 0 aliphatic heterocycles. The van der Waals surface area contributed by atoms with E-state index in [-0.39, 0.29) is 4.90 Å². The van der Waals surface area contributed by atoms with Gasteiger partial charge >= 0.3 is 0 Å². The molecule has 0 heterocycles. The molecule has 1 aliphatic rings. The molecule has 0 spiro atoms. The molecule has 6 heteroatoms. The van der Waals surface area contributed by atoms with E-state index >= 15 is 0 Å². The van der Waals surface area contributed by atoms with E-state index in [4.69, 9.17) is 5.73 Å². The first-order valence-corrected chi connectivity index (χ1v) is 8.15. The first-order valence-electron chi connectivity index (χ1n) is 5.87. The van der Waals surface area contributed by atoms with E-state index in [1.165, 1.54) is 0 Å². The Balaban J connectivity index is 2.30. The third-order valence-corrected chi connectivity index (χ3v) is 6.02. The summed E-state index contributed by atoms with van der Waals surface area (Å²) >= 11 is 3.26. The van der Waals surface area contributed by atoms with Crippen molar-refractivity contribution >= 4 is 26.0 Å². The second-order valence-corrected chi connectivity index (χ2v) is 7.44. The first kappa shape index (κ1) is 14.0. The number of nitrogens with one attached hydrogen (secondary N) is 1. The molecule has 100 valence electrons. The third-order valence-electron chi connectivity index (χ3n) is 3.40. The van der Waals surface area contributed by atoms with Crippen molar-refractivity contribution in [1.82, 2.24) is 4.72 Å². The van der Waals surface area contributed by atoms with Crippen LogP contribution in [-0.2, 0) is 10.0 Å². The monoisotopic (exact) mass is 332 g/mol. The highest BCUT2D eigenvalue weighted by atomic mass is 79.9. The Bertz CT molecular complexity index is 543. The van der Waals surface area contributed by atoms with Crippen LogP contribution in [0, 0.1) is 5.92 Å². The van der Waals surface area contributed by atoms with Crippen molar-refractivity contribution in [3.8, 4) is 0 Å². The molecule has 1 unspecified atom stereocenters. The SMILES string of the molecule is CC(CN)(NS(=O)(=O)c1ccccc1Br)C1CC1. The van der Waals surface area contributed by atoms with E-state index in [0.717, 1.165) is 12.8 Å². The van der Waals surface area contributed by atoms with Crippen molar-refractivity contribution in [3.63, 3.8) is 0 Å². The molecule has 1 atom stereocenters. The average molecular weight is 333 g/mol. The van der Waals surface area contributed by atoms with Gasteiger partial charge in [0.05, 0.1) is 4.90 Å². The predicted octanol–water partition coefficient (Wildman–Crippen LogP) is 1.85. The molecule has 0 radical (unpaired) electrons. The minimum atomic E-state index is -3.54. The fourth-order valence-electron chi connectivity index (χ4n) is 2.04. The Morgan fingerprint density at radius 3 is 2.56 bits per heavy atom. The minimum Gasteiger partial charge on any atom is -0.329 e. The molecule has 1 aromatic carbocycles. The lowest BCUT2D eigenvalue weighted by Crippen LogP contribution is -2.53. The molecule has 0 amide bonds. The van der Waals surface area contributed by atoms with E-state index in [2.05, 4.69) is 20.7 Å². The van der Waals surface area contributed by atoms with Gasteiger partial charge in [0.25, 0.3) is 0 Å². The molecule has 18 heavy (non-hydrogen) atoms. The summed E-state index contributed by atoms with van der Waals surface area (Å²) in [7, 11) is -3.54. The van der Waals surface area contributed by atoms with Crippen molar-refractivity contribution in [2.75, 3.05) is 6.54 Å². The maximum Gasteiger partial charge on any atom is 0.242 e. The van der Waals surface area contributed by atoms with Crippen molar-refractivity contribution in [2.24, 2.45) is 11.7 Å². The van der Waals surface area contributed by atoms with Crippen LogP contribution < -0.4 is 10.5 Å². The standard InChI is InChI=1S/C12H17BrN2O2S/c1-12(8-14,9-6-7-9)15-18(16,17)11-5-3-2-4-10(11)13/h2-5,9,15H,6-8,14H2,1H3. The Morgan fingerprint density at radius 2 is 2.06 bits per heavy atom. The molecule has 2 rings (SSSR count). The summed E-state index contributed by atoms with van der Waals surface area (Å²) in [5, 5.41) is 0. The molecule has 1 aliphatic carbocycles. The van der Waals surface area contributed by atoms with Gasteiger partial charge in [-0.05, 0) is 53.7 Å². The van der Waals surface area contributed by atoms with Crippen LogP contribution >= 0.6 is 15.9 Å². The van der Waals surface area contributed by atoms with Crippen molar-refractivity contribution in [2.45, 2.75) is 30.2 Å². The van der Waals surface area contributed by atoms with Crippen molar-refractivity contribution in [1.29, 1.82) is 0 Å². The van der Waals surface area contributed by atoms with Crippen LogP contribution in [0.1, 0.15) is 19.8 Å². The summed E-state index contributed by atoms with van der Waals surface area (Å²) in [6, 6.07) is 6.78. The molecule has 1 aromatic rings. The van der Waals surface area contributed by atoms with Crippen molar-refractivity contribution < 1.29 is 8.42 Å². The fourth-order valence-corrected chi connectivity index (χ4v) is 4.52. The van der Waals surface area contributed by atoms with Crippen LogP contribution in [0.25, 0.3) is 0 Å². The summed E-state index contributed by atoms with van der Waals surface area (Å²) in [5.74, 6) is 0.347. The van der Waals surface area contributed by atoms with Crippen LogP contribution in [0.3, 0.4) is 0 Å². The summed E-state index contributed by atoms with van der Waals surface area (Å²) in [5.41, 5.74) is 5.19. The molecular weight excluding hydrogens is 316 g/mol. The maximum absolute atomic E-state index is 12.4. The molecule has 1 saturated carbocycles. The van der Waals surface area contributed by atoms with Gasteiger partial charge in [-0.15, -0.1) is 0 Å². The average Bonchev–Trinajstić information content (AvgIpc) is 3.12. The summed E-state index contributed by atoms with van der Waals surface area (Å²) in [6.07, 6.45) is 2.07. The third kappa shape index (κ3) is 2.77. The largest absolute Gasteiger partial charge is 0.329 e. The Kier molecular flexibility index (Phi) is 3.82. The molecule has 4 nitrogen and oxygen atoms in total. The first-order chi connectivity index (χ1) is 8.39. The van der Waals surface area contributed by atoms with Crippen LogP contribution in [0.15, 0.2) is 33.6 Å². The summed E-state index contributed by atoms with van der Waals surface area (Å²) in [6.45, 7) is 2.18. The summed E-state index contributed by atoms with van der Waals surface area (Å²) in [4.78, 5) is 0.255. The Labute approximate surface area is 116 Å². The molecular formula is C12H17BrN2O2S. The predicted molar refractivity (Wildman–Crippen MR) is 74.6 cm³/mol. The number of halogens is 1. The second kappa shape index (κ2) is 4.92. The van der Waals surface area contributed by atoms with Gasteiger partial charge in [-0.25, -0.2) is 13.1 Å². The van der Waals surface area contributed by atoms with E-state index in [0.29, 0.717) is 16.9 Å². The number of nitrogens with two attached hydrogens (primary N) is 1. The Morgan fingerprint density at radius 1 is 1.44 bits per heavy atom.